The van der Waals surface area contributed by atoms with Crippen LogP contribution in [0.15, 0.2) is 53.4 Å². The fraction of sp³-hybridized carbons (Fsp3) is 0.318. The number of cyclic esters (lactones) is 1. The number of amides is 1. The Hall–Kier alpha value is -4.22. The number of benzene rings is 2. The third-order valence-electron chi connectivity index (χ3n) is 6.17. The quantitative estimate of drug-likeness (QED) is 0.440. The first kappa shape index (κ1) is 20.4. The molecule has 2 saturated heterocycles. The summed E-state index contributed by atoms with van der Waals surface area (Å²) in [5, 5.41) is 15.8. The Morgan fingerprint density at radius 1 is 0.912 bits per heavy atom. The molecular formula is C22H21FN8O3. The molecule has 2 aromatic carbocycles. The van der Waals surface area contributed by atoms with E-state index in [0.29, 0.717) is 43.1 Å². The van der Waals surface area contributed by atoms with Crippen molar-refractivity contribution in [3.63, 3.8) is 0 Å². The van der Waals surface area contributed by atoms with Gasteiger partial charge in [-0.3, -0.25) is 4.90 Å². The molecule has 0 spiro atoms. The molecule has 6 rings (SSSR count). The van der Waals surface area contributed by atoms with Crippen LogP contribution in [-0.4, -0.2) is 70.2 Å². The maximum absolute atomic E-state index is 15.1. The zero-order valence-electron chi connectivity index (χ0n) is 18.1. The van der Waals surface area contributed by atoms with Crippen LogP contribution in [0.3, 0.4) is 0 Å². The SMILES string of the molecule is O=C1O[C@@H](Cn2nccn2)CN1c1ccc(N2CCN(c3ccc4nonc4c3)CC2)c(F)c1. The molecule has 0 bridgehead atoms. The number of fused-ring (bicyclic) bond motifs is 1. The van der Waals surface area contributed by atoms with Crippen LogP contribution in [0.5, 0.6) is 0 Å². The largest absolute Gasteiger partial charge is 0.442 e. The highest BCUT2D eigenvalue weighted by molar-refractivity contribution is 5.90. The molecule has 1 atom stereocenters. The average Bonchev–Trinajstić information content (AvgIpc) is 3.60. The number of aromatic nitrogens is 5. The van der Waals surface area contributed by atoms with Gasteiger partial charge in [-0.2, -0.15) is 15.0 Å². The molecule has 34 heavy (non-hydrogen) atoms. The molecule has 0 unspecified atom stereocenters. The molecule has 4 heterocycles. The second kappa shape index (κ2) is 8.28. The molecule has 12 heteroatoms. The highest BCUT2D eigenvalue weighted by Crippen LogP contribution is 2.29. The summed E-state index contributed by atoms with van der Waals surface area (Å²) < 4.78 is 25.3. The van der Waals surface area contributed by atoms with Gasteiger partial charge in [-0.1, -0.05) is 0 Å². The van der Waals surface area contributed by atoms with E-state index in [4.69, 9.17) is 9.37 Å². The molecule has 2 aliphatic heterocycles. The van der Waals surface area contributed by atoms with Gasteiger partial charge in [-0.25, -0.2) is 13.8 Å². The van der Waals surface area contributed by atoms with E-state index in [-0.39, 0.29) is 5.82 Å². The van der Waals surface area contributed by atoms with Crippen LogP contribution < -0.4 is 14.7 Å². The van der Waals surface area contributed by atoms with Gasteiger partial charge in [0.15, 0.2) is 0 Å². The van der Waals surface area contributed by atoms with E-state index >= 15 is 4.39 Å². The van der Waals surface area contributed by atoms with E-state index in [1.807, 2.05) is 23.1 Å². The molecule has 0 N–H and O–H groups in total. The van der Waals surface area contributed by atoms with E-state index < -0.39 is 12.2 Å². The number of ether oxygens (including phenoxy) is 1. The Kier molecular flexibility index (Phi) is 4.97. The van der Waals surface area contributed by atoms with Crippen molar-refractivity contribution in [2.75, 3.05) is 47.4 Å². The molecule has 4 aromatic rings. The summed E-state index contributed by atoms with van der Waals surface area (Å²) in [6, 6.07) is 10.7. The number of hydrogen-bond acceptors (Lipinski definition) is 9. The van der Waals surface area contributed by atoms with Gasteiger partial charge in [0.25, 0.3) is 0 Å². The Morgan fingerprint density at radius 3 is 2.44 bits per heavy atom. The predicted molar refractivity (Wildman–Crippen MR) is 120 cm³/mol. The standard InChI is InChI=1S/C22H21FN8O3/c23-18-11-16(30-13-17(33-22(30)32)14-31-24-5-6-25-31)2-4-21(18)29-9-7-28(8-10-29)15-1-3-19-20(12-15)27-34-26-19/h1-6,11-12,17H,7-10,13-14H2/t17-/m1/s1. The second-order valence-electron chi connectivity index (χ2n) is 8.25. The lowest BCUT2D eigenvalue weighted by atomic mass is 10.2. The molecule has 174 valence electrons. The van der Waals surface area contributed by atoms with E-state index in [1.54, 1.807) is 24.5 Å². The minimum Gasteiger partial charge on any atom is -0.442 e. The van der Waals surface area contributed by atoms with E-state index in [0.717, 1.165) is 24.3 Å². The van der Waals surface area contributed by atoms with Crippen LogP contribution in [0.25, 0.3) is 11.0 Å². The smallest absolute Gasteiger partial charge is 0.414 e. The molecule has 2 aromatic heterocycles. The van der Waals surface area contributed by atoms with Crippen LogP contribution in [-0.2, 0) is 11.3 Å². The number of carbonyl (C=O) groups excluding carboxylic acids is 1. The number of anilines is 3. The molecule has 11 nitrogen and oxygen atoms in total. The molecule has 2 aliphatic rings. The normalized spacial score (nSPS) is 18.7. The monoisotopic (exact) mass is 464 g/mol. The molecule has 0 saturated carbocycles. The molecule has 1 amide bonds. The van der Waals surface area contributed by atoms with Crippen LogP contribution in [0, 0.1) is 5.82 Å². The minimum absolute atomic E-state index is 0.309. The predicted octanol–water partition coefficient (Wildman–Crippen LogP) is 2.31. The molecular weight excluding hydrogens is 443 g/mol. The summed E-state index contributed by atoms with van der Waals surface area (Å²) in [4.78, 5) is 19.5. The third-order valence-corrected chi connectivity index (χ3v) is 6.17. The van der Waals surface area contributed by atoms with Crippen molar-refractivity contribution in [3.8, 4) is 0 Å². The number of piperazine rings is 1. The number of rotatable bonds is 5. The molecule has 0 radical (unpaired) electrons. The van der Waals surface area contributed by atoms with Crippen LogP contribution in [0.2, 0.25) is 0 Å². The van der Waals surface area contributed by atoms with Gasteiger partial charge < -0.3 is 14.5 Å². The van der Waals surface area contributed by atoms with Gasteiger partial charge in [-0.15, -0.1) is 0 Å². The van der Waals surface area contributed by atoms with Gasteiger partial charge in [0, 0.05) is 31.9 Å². The Balaban J connectivity index is 1.11. The van der Waals surface area contributed by atoms with Gasteiger partial charge in [0.1, 0.15) is 23.0 Å². The number of carbonyl (C=O) groups is 1. The highest BCUT2D eigenvalue weighted by Gasteiger charge is 2.33. The van der Waals surface area contributed by atoms with Gasteiger partial charge in [-0.05, 0) is 46.7 Å². The Morgan fingerprint density at radius 2 is 1.65 bits per heavy atom. The van der Waals surface area contributed by atoms with Crippen LogP contribution >= 0.6 is 0 Å². The van der Waals surface area contributed by atoms with Crippen LogP contribution in [0.4, 0.5) is 26.2 Å². The lowest BCUT2D eigenvalue weighted by molar-refractivity contribution is 0.126. The summed E-state index contributed by atoms with van der Waals surface area (Å²) in [6.07, 6.45) is 2.23. The lowest BCUT2D eigenvalue weighted by Crippen LogP contribution is -2.46. The average molecular weight is 464 g/mol. The first-order chi connectivity index (χ1) is 16.6. The van der Waals surface area contributed by atoms with Crippen molar-refractivity contribution in [2.45, 2.75) is 12.6 Å². The first-order valence-electron chi connectivity index (χ1n) is 11.0. The van der Waals surface area contributed by atoms with Crippen molar-refractivity contribution in [1.82, 2.24) is 25.3 Å². The zero-order valence-corrected chi connectivity index (χ0v) is 18.1. The van der Waals surface area contributed by atoms with E-state index in [1.165, 1.54) is 15.8 Å². The van der Waals surface area contributed by atoms with Crippen molar-refractivity contribution in [3.05, 3.63) is 54.6 Å². The van der Waals surface area contributed by atoms with Gasteiger partial charge >= 0.3 is 6.09 Å². The fourth-order valence-electron chi connectivity index (χ4n) is 4.44. The van der Waals surface area contributed by atoms with E-state index in [9.17, 15) is 4.79 Å². The number of nitrogens with zero attached hydrogens (tertiary/aromatic N) is 8. The van der Waals surface area contributed by atoms with Crippen LogP contribution in [0.1, 0.15) is 0 Å². The Bertz CT molecular complexity index is 1320. The first-order valence-corrected chi connectivity index (χ1v) is 11.0. The van der Waals surface area contributed by atoms with Gasteiger partial charge in [0.2, 0.25) is 0 Å². The Labute approximate surface area is 193 Å². The van der Waals surface area contributed by atoms with Crippen molar-refractivity contribution in [1.29, 1.82) is 0 Å². The van der Waals surface area contributed by atoms with Gasteiger partial charge in [0.05, 0.1) is 36.9 Å². The maximum Gasteiger partial charge on any atom is 0.414 e. The lowest BCUT2D eigenvalue weighted by Gasteiger charge is -2.37. The number of halogens is 1. The number of hydrogen-bond donors (Lipinski definition) is 0. The molecule has 2 fully saturated rings. The van der Waals surface area contributed by atoms with Crippen molar-refractivity contribution < 1.29 is 18.6 Å². The highest BCUT2D eigenvalue weighted by atomic mass is 19.1. The zero-order chi connectivity index (χ0) is 23.1. The topological polar surface area (TPSA) is 106 Å². The van der Waals surface area contributed by atoms with Crippen molar-refractivity contribution >= 4 is 34.2 Å². The third kappa shape index (κ3) is 3.76. The second-order valence-corrected chi connectivity index (χ2v) is 8.25. The van der Waals surface area contributed by atoms with Crippen molar-refractivity contribution in [2.24, 2.45) is 0 Å². The summed E-state index contributed by atoms with van der Waals surface area (Å²) >= 11 is 0. The summed E-state index contributed by atoms with van der Waals surface area (Å²) in [5.41, 5.74) is 3.45. The minimum atomic E-state index is -0.503. The maximum atomic E-state index is 15.1. The summed E-state index contributed by atoms with van der Waals surface area (Å²) in [7, 11) is 0. The fourth-order valence-corrected chi connectivity index (χ4v) is 4.44. The van der Waals surface area contributed by atoms with E-state index in [2.05, 4.69) is 25.4 Å². The summed E-state index contributed by atoms with van der Waals surface area (Å²) in [5.74, 6) is -0.369. The summed E-state index contributed by atoms with van der Waals surface area (Å²) in [6.45, 7) is 3.45. The molecule has 0 aliphatic carbocycles.